The molecule has 0 aliphatic rings. The van der Waals surface area contributed by atoms with Gasteiger partial charge in [-0.2, -0.15) is 0 Å². The van der Waals surface area contributed by atoms with Crippen molar-refractivity contribution in [1.29, 1.82) is 0 Å². The molecule has 0 aliphatic heterocycles. The van der Waals surface area contributed by atoms with Gasteiger partial charge < -0.3 is 0 Å². The average molecular weight is 284 g/mol. The fraction of sp³-hybridized carbons (Fsp3) is 0.100. The third-order valence-electron chi connectivity index (χ3n) is 4.28. The Balaban J connectivity index is 2.13. The summed E-state index contributed by atoms with van der Waals surface area (Å²) < 4.78 is 0. The van der Waals surface area contributed by atoms with Gasteiger partial charge in [-0.3, -0.25) is 9.97 Å². The van der Waals surface area contributed by atoms with E-state index in [-0.39, 0.29) is 0 Å². The van der Waals surface area contributed by atoms with E-state index in [1.54, 1.807) is 0 Å². The Morgan fingerprint density at radius 3 is 1.32 bits per heavy atom. The molecule has 0 saturated heterocycles. The van der Waals surface area contributed by atoms with Crippen LogP contribution in [0, 0.1) is 13.8 Å². The molecule has 0 unspecified atom stereocenters. The first-order valence-corrected chi connectivity index (χ1v) is 7.45. The van der Waals surface area contributed by atoms with Gasteiger partial charge in [-0.1, -0.05) is 48.5 Å². The van der Waals surface area contributed by atoms with Gasteiger partial charge >= 0.3 is 0 Å². The van der Waals surface area contributed by atoms with Crippen molar-refractivity contribution in [3.05, 3.63) is 72.3 Å². The van der Waals surface area contributed by atoms with Crippen molar-refractivity contribution in [1.82, 2.24) is 9.97 Å². The van der Waals surface area contributed by atoms with Gasteiger partial charge in [-0.05, 0) is 24.6 Å². The zero-order chi connectivity index (χ0) is 15.1. The summed E-state index contributed by atoms with van der Waals surface area (Å²) >= 11 is 0. The summed E-state index contributed by atoms with van der Waals surface area (Å²) in [7, 11) is 0. The minimum atomic E-state index is 1.06. The predicted molar refractivity (Wildman–Crippen MR) is 92.0 cm³/mol. The Morgan fingerprint density at radius 2 is 0.909 bits per heavy atom. The van der Waals surface area contributed by atoms with E-state index >= 15 is 0 Å². The number of hydrogen-bond acceptors (Lipinski definition) is 2. The number of aromatic nitrogens is 2. The molecule has 0 radical (unpaired) electrons. The van der Waals surface area contributed by atoms with E-state index in [0.29, 0.717) is 0 Å². The minimum absolute atomic E-state index is 1.06. The number of pyridine rings is 2. The monoisotopic (exact) mass is 284 g/mol. The average Bonchev–Trinajstić information content (AvgIpc) is 2.57. The highest BCUT2D eigenvalue weighted by Crippen LogP contribution is 2.34. The van der Waals surface area contributed by atoms with E-state index in [0.717, 1.165) is 22.5 Å². The minimum Gasteiger partial charge on any atom is -0.260 e. The third kappa shape index (κ3) is 1.88. The van der Waals surface area contributed by atoms with E-state index in [1.165, 1.54) is 21.5 Å². The highest BCUT2D eigenvalue weighted by Gasteiger charge is 2.11. The van der Waals surface area contributed by atoms with E-state index in [4.69, 9.17) is 0 Å². The smallest absolute Gasteiger partial charge is 0.0451 e. The zero-order valence-corrected chi connectivity index (χ0v) is 12.7. The molecule has 0 saturated carbocycles. The van der Waals surface area contributed by atoms with Crippen molar-refractivity contribution in [3.8, 4) is 11.1 Å². The summed E-state index contributed by atoms with van der Waals surface area (Å²) in [5.41, 5.74) is 4.40. The molecular weight excluding hydrogens is 268 g/mol. The van der Waals surface area contributed by atoms with Crippen LogP contribution in [0.2, 0.25) is 0 Å². The molecule has 2 heteroatoms. The van der Waals surface area contributed by atoms with Crippen LogP contribution in [0.15, 0.2) is 60.9 Å². The molecule has 2 aromatic heterocycles. The number of aryl methyl sites for hydroxylation is 2. The lowest BCUT2D eigenvalue weighted by molar-refractivity contribution is 1.22. The van der Waals surface area contributed by atoms with E-state index in [1.807, 2.05) is 12.4 Å². The largest absolute Gasteiger partial charge is 0.260 e. The summed E-state index contributed by atoms with van der Waals surface area (Å²) in [5.74, 6) is 0. The predicted octanol–water partition coefficient (Wildman–Crippen LogP) is 5.07. The Kier molecular flexibility index (Phi) is 2.90. The van der Waals surface area contributed by atoms with Gasteiger partial charge in [0.05, 0.1) is 0 Å². The maximum absolute atomic E-state index is 4.59. The van der Waals surface area contributed by atoms with Crippen LogP contribution < -0.4 is 0 Å². The van der Waals surface area contributed by atoms with Gasteiger partial charge in [0.25, 0.3) is 0 Å². The Hall–Kier alpha value is -2.74. The second-order valence-electron chi connectivity index (χ2n) is 5.61. The molecule has 22 heavy (non-hydrogen) atoms. The molecule has 2 nitrogen and oxygen atoms in total. The van der Waals surface area contributed by atoms with Crippen LogP contribution in [0.4, 0.5) is 0 Å². The summed E-state index contributed by atoms with van der Waals surface area (Å²) in [6.07, 6.45) is 3.94. The van der Waals surface area contributed by atoms with E-state index in [9.17, 15) is 0 Å². The standard InChI is InChI=1S/C20H16N2/c1-13-15-7-3-5-9-17(15)19(11-21-13)20-12-22-14(2)16-8-4-6-10-18(16)20/h3-12H,1-2H3. The fourth-order valence-corrected chi connectivity index (χ4v) is 3.10. The van der Waals surface area contributed by atoms with E-state index < -0.39 is 0 Å². The van der Waals surface area contributed by atoms with Crippen molar-refractivity contribution in [2.45, 2.75) is 13.8 Å². The molecule has 0 fully saturated rings. The van der Waals surface area contributed by atoms with Crippen LogP contribution in [0.5, 0.6) is 0 Å². The van der Waals surface area contributed by atoms with Crippen molar-refractivity contribution in [3.63, 3.8) is 0 Å². The highest BCUT2D eigenvalue weighted by molar-refractivity contribution is 6.05. The molecular formula is C20H16N2. The Labute approximate surface area is 129 Å². The van der Waals surface area contributed by atoms with Crippen LogP contribution in [0.1, 0.15) is 11.4 Å². The molecule has 0 N–H and O–H groups in total. The van der Waals surface area contributed by atoms with Crippen LogP contribution in [0.3, 0.4) is 0 Å². The SMILES string of the molecule is Cc1ncc(-c2cnc(C)c3ccccc23)c2ccccc12. The normalized spacial score (nSPS) is 11.2. The zero-order valence-electron chi connectivity index (χ0n) is 12.7. The summed E-state index contributed by atoms with van der Waals surface area (Å²) in [6.45, 7) is 4.11. The highest BCUT2D eigenvalue weighted by atomic mass is 14.7. The van der Waals surface area contributed by atoms with Gasteiger partial charge in [0.15, 0.2) is 0 Å². The van der Waals surface area contributed by atoms with Crippen molar-refractivity contribution < 1.29 is 0 Å². The van der Waals surface area contributed by atoms with Crippen molar-refractivity contribution in [2.24, 2.45) is 0 Å². The molecule has 0 bridgehead atoms. The fourth-order valence-electron chi connectivity index (χ4n) is 3.10. The maximum Gasteiger partial charge on any atom is 0.0451 e. The topological polar surface area (TPSA) is 25.8 Å². The van der Waals surface area contributed by atoms with Crippen LogP contribution in [0.25, 0.3) is 32.7 Å². The van der Waals surface area contributed by atoms with Gasteiger partial charge in [0, 0.05) is 45.7 Å². The molecule has 0 amide bonds. The number of hydrogen-bond donors (Lipinski definition) is 0. The number of fused-ring (bicyclic) bond motifs is 2. The lowest BCUT2D eigenvalue weighted by atomic mass is 9.96. The quantitative estimate of drug-likeness (QED) is 0.488. The molecule has 0 aliphatic carbocycles. The number of nitrogens with zero attached hydrogens (tertiary/aromatic N) is 2. The lowest BCUT2D eigenvalue weighted by Gasteiger charge is -2.12. The lowest BCUT2D eigenvalue weighted by Crippen LogP contribution is -1.92. The van der Waals surface area contributed by atoms with Crippen molar-refractivity contribution >= 4 is 21.5 Å². The van der Waals surface area contributed by atoms with Crippen LogP contribution >= 0.6 is 0 Å². The van der Waals surface area contributed by atoms with Crippen LogP contribution in [-0.2, 0) is 0 Å². The maximum atomic E-state index is 4.59. The first-order valence-electron chi connectivity index (χ1n) is 7.45. The second-order valence-corrected chi connectivity index (χ2v) is 5.61. The molecule has 106 valence electrons. The molecule has 2 aromatic carbocycles. The molecule has 0 spiro atoms. The summed E-state index contributed by atoms with van der Waals surface area (Å²) in [4.78, 5) is 9.17. The van der Waals surface area contributed by atoms with Gasteiger partial charge in [0.2, 0.25) is 0 Å². The number of benzene rings is 2. The summed E-state index contributed by atoms with van der Waals surface area (Å²) in [5, 5.41) is 4.85. The van der Waals surface area contributed by atoms with Crippen LogP contribution in [-0.4, -0.2) is 9.97 Å². The molecule has 4 aromatic rings. The number of rotatable bonds is 1. The van der Waals surface area contributed by atoms with Gasteiger partial charge in [-0.15, -0.1) is 0 Å². The van der Waals surface area contributed by atoms with E-state index in [2.05, 4.69) is 72.3 Å². The summed E-state index contributed by atoms with van der Waals surface area (Å²) in [6, 6.07) is 16.9. The third-order valence-corrected chi connectivity index (χ3v) is 4.28. The Bertz CT molecular complexity index is 920. The first kappa shape index (κ1) is 13.0. The van der Waals surface area contributed by atoms with Crippen molar-refractivity contribution in [2.75, 3.05) is 0 Å². The van der Waals surface area contributed by atoms with Gasteiger partial charge in [-0.25, -0.2) is 0 Å². The van der Waals surface area contributed by atoms with Gasteiger partial charge in [0.1, 0.15) is 0 Å². The first-order chi connectivity index (χ1) is 10.8. The molecule has 0 atom stereocenters. The molecule has 4 rings (SSSR count). The Morgan fingerprint density at radius 1 is 0.545 bits per heavy atom. The molecule has 2 heterocycles. The second kappa shape index (κ2) is 4.92.